The van der Waals surface area contributed by atoms with Gasteiger partial charge in [-0.1, -0.05) is 47.1 Å². The molecule has 0 radical (unpaired) electrons. The van der Waals surface area contributed by atoms with Crippen molar-refractivity contribution in [2.45, 2.75) is 29.7 Å². The molecular weight excluding hydrogens is 387 g/mol. The third kappa shape index (κ3) is 3.59. The Kier molecular flexibility index (Phi) is 4.90. The standard InChI is InChI=1S/C19H14Cl2N4S/c20-16-8-7-15(9-17(16)21)25-18(14-5-6-14)23-24-19(25)26-11-13-3-1-12(10-22)2-4-13/h1-4,7-9,14H,5-6,11H2. The number of hydrogen-bond donors (Lipinski definition) is 0. The highest BCUT2D eigenvalue weighted by Crippen LogP contribution is 2.41. The highest BCUT2D eigenvalue weighted by molar-refractivity contribution is 7.98. The molecule has 1 fully saturated rings. The molecule has 1 saturated carbocycles. The van der Waals surface area contributed by atoms with E-state index in [9.17, 15) is 0 Å². The van der Waals surface area contributed by atoms with Crippen LogP contribution in [0.25, 0.3) is 5.69 Å². The van der Waals surface area contributed by atoms with Crippen molar-refractivity contribution in [2.75, 3.05) is 0 Å². The van der Waals surface area contributed by atoms with E-state index in [4.69, 9.17) is 28.5 Å². The van der Waals surface area contributed by atoms with Crippen LogP contribution in [0.3, 0.4) is 0 Å². The molecule has 1 aromatic heterocycles. The summed E-state index contributed by atoms with van der Waals surface area (Å²) in [6.07, 6.45) is 2.28. The second-order valence-electron chi connectivity index (χ2n) is 6.15. The second-order valence-corrected chi connectivity index (χ2v) is 7.90. The Labute approximate surface area is 165 Å². The van der Waals surface area contributed by atoms with Crippen molar-refractivity contribution < 1.29 is 0 Å². The first-order valence-electron chi connectivity index (χ1n) is 8.18. The average molecular weight is 401 g/mol. The van der Waals surface area contributed by atoms with Crippen LogP contribution in [0.15, 0.2) is 47.6 Å². The molecule has 4 rings (SSSR count). The smallest absolute Gasteiger partial charge is 0.196 e. The van der Waals surface area contributed by atoms with Crippen LogP contribution < -0.4 is 0 Å². The summed E-state index contributed by atoms with van der Waals surface area (Å²) in [5.41, 5.74) is 2.72. The van der Waals surface area contributed by atoms with Gasteiger partial charge in [0.25, 0.3) is 0 Å². The van der Waals surface area contributed by atoms with Crippen LogP contribution >= 0.6 is 35.0 Å². The number of rotatable bonds is 5. The van der Waals surface area contributed by atoms with E-state index < -0.39 is 0 Å². The number of nitriles is 1. The lowest BCUT2D eigenvalue weighted by atomic mass is 10.2. The molecule has 0 unspecified atom stereocenters. The third-order valence-electron chi connectivity index (χ3n) is 4.21. The first-order valence-corrected chi connectivity index (χ1v) is 9.92. The summed E-state index contributed by atoms with van der Waals surface area (Å²) in [5, 5.41) is 19.6. The van der Waals surface area contributed by atoms with E-state index in [1.807, 2.05) is 36.4 Å². The molecule has 0 N–H and O–H groups in total. The van der Waals surface area contributed by atoms with Gasteiger partial charge in [0.1, 0.15) is 5.82 Å². The maximum Gasteiger partial charge on any atom is 0.196 e. The van der Waals surface area contributed by atoms with Gasteiger partial charge >= 0.3 is 0 Å². The molecule has 0 bridgehead atoms. The zero-order chi connectivity index (χ0) is 18.1. The number of thioether (sulfide) groups is 1. The molecular formula is C19H14Cl2N4S. The van der Waals surface area contributed by atoms with Crippen molar-refractivity contribution in [1.29, 1.82) is 5.26 Å². The monoisotopic (exact) mass is 400 g/mol. The molecule has 0 amide bonds. The van der Waals surface area contributed by atoms with E-state index in [2.05, 4.69) is 20.8 Å². The average Bonchev–Trinajstić information content (AvgIpc) is 3.42. The van der Waals surface area contributed by atoms with E-state index >= 15 is 0 Å². The van der Waals surface area contributed by atoms with E-state index in [0.717, 1.165) is 40.8 Å². The Morgan fingerprint density at radius 2 is 1.85 bits per heavy atom. The Morgan fingerprint density at radius 1 is 1.08 bits per heavy atom. The summed E-state index contributed by atoms with van der Waals surface area (Å²) < 4.78 is 2.08. The van der Waals surface area contributed by atoms with Gasteiger partial charge in [-0.2, -0.15) is 5.26 Å². The molecule has 4 nitrogen and oxygen atoms in total. The summed E-state index contributed by atoms with van der Waals surface area (Å²) in [7, 11) is 0. The molecule has 1 aliphatic rings. The number of halogens is 2. The Bertz CT molecular complexity index is 988. The van der Waals surface area contributed by atoms with Crippen molar-refractivity contribution >= 4 is 35.0 Å². The topological polar surface area (TPSA) is 54.5 Å². The summed E-state index contributed by atoms with van der Waals surface area (Å²) in [6, 6.07) is 15.3. The predicted molar refractivity (Wildman–Crippen MR) is 104 cm³/mol. The largest absolute Gasteiger partial charge is 0.274 e. The first-order chi connectivity index (χ1) is 12.7. The van der Waals surface area contributed by atoms with E-state index in [0.29, 0.717) is 21.5 Å². The van der Waals surface area contributed by atoms with Crippen LogP contribution in [0.1, 0.15) is 35.7 Å². The summed E-state index contributed by atoms with van der Waals surface area (Å²) in [5.74, 6) is 2.18. The molecule has 0 aliphatic heterocycles. The number of aromatic nitrogens is 3. The normalized spacial score (nSPS) is 13.6. The van der Waals surface area contributed by atoms with Crippen LogP contribution in [0.5, 0.6) is 0 Å². The first kappa shape index (κ1) is 17.4. The van der Waals surface area contributed by atoms with Gasteiger partial charge in [0.2, 0.25) is 0 Å². The van der Waals surface area contributed by atoms with Gasteiger partial charge in [0.15, 0.2) is 5.16 Å². The number of nitrogens with zero attached hydrogens (tertiary/aromatic N) is 4. The van der Waals surface area contributed by atoms with Gasteiger partial charge in [0, 0.05) is 11.7 Å². The lowest BCUT2D eigenvalue weighted by Gasteiger charge is -2.11. The fraction of sp³-hybridized carbons (Fsp3) is 0.211. The van der Waals surface area contributed by atoms with Crippen molar-refractivity contribution in [2.24, 2.45) is 0 Å². The Hall–Kier alpha value is -2.00. The Morgan fingerprint density at radius 3 is 2.50 bits per heavy atom. The van der Waals surface area contributed by atoms with Crippen molar-refractivity contribution in [3.8, 4) is 11.8 Å². The van der Waals surface area contributed by atoms with Gasteiger partial charge in [-0.05, 0) is 48.7 Å². The van der Waals surface area contributed by atoms with Gasteiger partial charge in [-0.15, -0.1) is 10.2 Å². The van der Waals surface area contributed by atoms with Crippen LogP contribution in [0.4, 0.5) is 0 Å². The van der Waals surface area contributed by atoms with Crippen LogP contribution in [-0.2, 0) is 5.75 Å². The molecule has 0 spiro atoms. The lowest BCUT2D eigenvalue weighted by Crippen LogP contribution is -2.02. The highest BCUT2D eigenvalue weighted by atomic mass is 35.5. The second kappa shape index (κ2) is 7.32. The molecule has 0 saturated heterocycles. The minimum Gasteiger partial charge on any atom is -0.274 e. The van der Waals surface area contributed by atoms with Crippen LogP contribution in [0, 0.1) is 11.3 Å². The molecule has 26 heavy (non-hydrogen) atoms. The SMILES string of the molecule is N#Cc1ccc(CSc2nnc(C3CC3)n2-c2ccc(Cl)c(Cl)c2)cc1. The van der Waals surface area contributed by atoms with E-state index in [-0.39, 0.29) is 0 Å². The highest BCUT2D eigenvalue weighted by Gasteiger charge is 2.31. The van der Waals surface area contributed by atoms with E-state index in [1.165, 1.54) is 0 Å². The van der Waals surface area contributed by atoms with Gasteiger partial charge in [-0.25, -0.2) is 0 Å². The number of benzene rings is 2. The molecule has 0 atom stereocenters. The molecule has 3 aromatic rings. The minimum absolute atomic E-state index is 0.459. The van der Waals surface area contributed by atoms with Crippen molar-refractivity contribution in [3.63, 3.8) is 0 Å². The molecule has 1 aliphatic carbocycles. The predicted octanol–water partition coefficient (Wildman–Crippen LogP) is 5.62. The zero-order valence-electron chi connectivity index (χ0n) is 13.7. The fourth-order valence-corrected chi connectivity index (χ4v) is 3.88. The zero-order valence-corrected chi connectivity index (χ0v) is 16.0. The summed E-state index contributed by atoms with van der Waals surface area (Å²) in [4.78, 5) is 0. The van der Waals surface area contributed by atoms with Crippen LogP contribution in [0.2, 0.25) is 10.0 Å². The third-order valence-corrected chi connectivity index (χ3v) is 5.95. The minimum atomic E-state index is 0.459. The fourth-order valence-electron chi connectivity index (χ4n) is 2.67. The molecule has 1 heterocycles. The molecule has 7 heteroatoms. The number of hydrogen-bond acceptors (Lipinski definition) is 4. The maximum atomic E-state index is 8.90. The molecule has 2 aromatic carbocycles. The van der Waals surface area contributed by atoms with E-state index in [1.54, 1.807) is 17.8 Å². The lowest BCUT2D eigenvalue weighted by molar-refractivity contribution is 0.829. The van der Waals surface area contributed by atoms with Gasteiger partial charge < -0.3 is 0 Å². The van der Waals surface area contributed by atoms with Crippen molar-refractivity contribution in [3.05, 3.63) is 69.5 Å². The molecule has 130 valence electrons. The van der Waals surface area contributed by atoms with Crippen molar-refractivity contribution in [1.82, 2.24) is 14.8 Å². The van der Waals surface area contributed by atoms with Gasteiger partial charge in [0.05, 0.1) is 27.4 Å². The van der Waals surface area contributed by atoms with Gasteiger partial charge in [-0.3, -0.25) is 4.57 Å². The quantitative estimate of drug-likeness (QED) is 0.521. The summed E-state index contributed by atoms with van der Waals surface area (Å²) >= 11 is 13.9. The van der Waals surface area contributed by atoms with Crippen LogP contribution in [-0.4, -0.2) is 14.8 Å². The maximum absolute atomic E-state index is 8.90. The summed E-state index contributed by atoms with van der Waals surface area (Å²) in [6.45, 7) is 0. The Balaban J connectivity index is 1.63.